The molecule has 0 saturated carbocycles. The van der Waals surface area contributed by atoms with E-state index < -0.39 is 0 Å². The summed E-state index contributed by atoms with van der Waals surface area (Å²) in [7, 11) is 0. The number of hydrogen-bond acceptors (Lipinski definition) is 2. The molecule has 0 fully saturated rings. The maximum absolute atomic E-state index is 2.53. The Morgan fingerprint density at radius 3 is 1.78 bits per heavy atom. The van der Waals surface area contributed by atoms with Crippen LogP contribution >= 0.6 is 0 Å². The first-order chi connectivity index (χ1) is 31.0. The van der Waals surface area contributed by atoms with Gasteiger partial charge in [-0.15, -0.1) is 0 Å². The van der Waals surface area contributed by atoms with Crippen molar-refractivity contribution < 1.29 is 0 Å². The zero-order chi connectivity index (χ0) is 42.3. The van der Waals surface area contributed by atoms with E-state index in [9.17, 15) is 0 Å². The Kier molecular flexibility index (Phi) is 9.70. The van der Waals surface area contributed by atoms with Crippen molar-refractivity contribution in [2.24, 2.45) is 0 Å². The number of rotatable bonds is 9. The van der Waals surface area contributed by atoms with Crippen molar-refractivity contribution in [3.05, 3.63) is 253 Å². The fourth-order valence-electron chi connectivity index (χ4n) is 10.0. The van der Waals surface area contributed by atoms with Crippen LogP contribution in [0, 0.1) is 0 Å². The molecule has 9 aromatic rings. The molecule has 9 aromatic carbocycles. The number of anilines is 5. The van der Waals surface area contributed by atoms with Gasteiger partial charge in [-0.2, -0.15) is 0 Å². The predicted octanol–water partition coefficient (Wildman–Crippen LogP) is 16.8. The number of para-hydroxylation sites is 2. The summed E-state index contributed by atoms with van der Waals surface area (Å²) < 4.78 is 0. The van der Waals surface area contributed by atoms with Gasteiger partial charge in [0, 0.05) is 44.7 Å². The smallest absolute Gasteiger partial charge is 0.0540 e. The minimum Gasteiger partial charge on any atom is -0.314 e. The van der Waals surface area contributed by atoms with Gasteiger partial charge in [-0.25, -0.2) is 0 Å². The quantitative estimate of drug-likeness (QED) is 0.143. The van der Waals surface area contributed by atoms with E-state index in [-0.39, 0.29) is 5.41 Å². The molecule has 2 nitrogen and oxygen atoms in total. The molecule has 0 aliphatic heterocycles. The minimum absolute atomic E-state index is 0.107. The highest BCUT2D eigenvalue weighted by atomic mass is 15.2. The number of fused-ring (bicyclic) bond motifs is 4. The van der Waals surface area contributed by atoms with E-state index in [4.69, 9.17) is 0 Å². The maximum atomic E-state index is 2.53. The van der Waals surface area contributed by atoms with E-state index >= 15 is 0 Å². The standard InChI is InChI=1S/C61H48N2/c1-61(2)56-28-14-11-27-54(56)55-41-40-50(42-57(55)61)62(49-38-36-44(37-39-49)43-18-5-3-6-19-43)58-29-15-12-25-52(58)46-32-34-47(35-33-46)53-26-13-16-30-59(53)63(48-22-7-4-8-23-48)60-31-17-21-45-20-9-10-24-51(45)60/h3-14,16-28,30-42H,15,29H2,1-2H3. The minimum atomic E-state index is -0.107. The van der Waals surface area contributed by atoms with E-state index in [1.54, 1.807) is 0 Å². The van der Waals surface area contributed by atoms with Crippen LogP contribution in [0.3, 0.4) is 0 Å². The van der Waals surface area contributed by atoms with Gasteiger partial charge in [0.25, 0.3) is 0 Å². The van der Waals surface area contributed by atoms with Gasteiger partial charge in [0.1, 0.15) is 0 Å². The number of benzene rings is 9. The average Bonchev–Trinajstić information content (AvgIpc) is 3.58. The van der Waals surface area contributed by atoms with Gasteiger partial charge in [-0.3, -0.25) is 0 Å². The molecule has 2 aliphatic carbocycles. The van der Waals surface area contributed by atoms with Crippen molar-refractivity contribution in [1.29, 1.82) is 0 Å². The third-order valence-electron chi connectivity index (χ3n) is 13.1. The van der Waals surface area contributed by atoms with E-state index in [0.717, 1.165) is 35.6 Å². The van der Waals surface area contributed by atoms with Crippen molar-refractivity contribution in [2.75, 3.05) is 9.80 Å². The summed E-state index contributed by atoms with van der Waals surface area (Å²) in [6.07, 6.45) is 6.59. The van der Waals surface area contributed by atoms with Crippen LogP contribution in [-0.2, 0) is 5.41 Å². The summed E-state index contributed by atoms with van der Waals surface area (Å²) in [6.45, 7) is 4.74. The Hall–Kier alpha value is -7.68. The molecule has 0 atom stereocenters. The molecule has 0 amide bonds. The van der Waals surface area contributed by atoms with E-state index in [0.29, 0.717) is 0 Å². The fourth-order valence-corrected chi connectivity index (χ4v) is 10.0. The van der Waals surface area contributed by atoms with Gasteiger partial charge < -0.3 is 9.80 Å². The predicted molar refractivity (Wildman–Crippen MR) is 267 cm³/mol. The second-order valence-corrected chi connectivity index (χ2v) is 17.2. The molecule has 0 radical (unpaired) electrons. The molecule has 0 saturated heterocycles. The number of hydrogen-bond donors (Lipinski definition) is 0. The van der Waals surface area contributed by atoms with Gasteiger partial charge in [0.05, 0.1) is 11.4 Å². The van der Waals surface area contributed by atoms with Crippen molar-refractivity contribution in [3.8, 4) is 33.4 Å². The second-order valence-electron chi connectivity index (χ2n) is 17.2. The molecule has 11 rings (SSSR count). The lowest BCUT2D eigenvalue weighted by Crippen LogP contribution is -2.21. The van der Waals surface area contributed by atoms with E-state index in [1.807, 2.05) is 0 Å². The number of nitrogens with zero attached hydrogens (tertiary/aromatic N) is 2. The van der Waals surface area contributed by atoms with Crippen LogP contribution in [0.2, 0.25) is 0 Å². The van der Waals surface area contributed by atoms with Crippen LogP contribution in [0.25, 0.3) is 49.7 Å². The highest BCUT2D eigenvalue weighted by Crippen LogP contribution is 2.51. The molecule has 0 N–H and O–H groups in total. The van der Waals surface area contributed by atoms with Crippen molar-refractivity contribution in [1.82, 2.24) is 0 Å². The second kappa shape index (κ2) is 16.0. The summed E-state index contributed by atoms with van der Waals surface area (Å²) in [4.78, 5) is 4.94. The summed E-state index contributed by atoms with van der Waals surface area (Å²) in [5, 5.41) is 2.44. The first kappa shape index (κ1) is 38.3. The molecule has 63 heavy (non-hydrogen) atoms. The van der Waals surface area contributed by atoms with Crippen LogP contribution in [-0.4, -0.2) is 0 Å². The number of allylic oxidation sites excluding steroid dienone is 4. The van der Waals surface area contributed by atoms with Gasteiger partial charge >= 0.3 is 0 Å². The summed E-state index contributed by atoms with van der Waals surface area (Å²) in [6, 6.07) is 79.9. The zero-order valence-electron chi connectivity index (χ0n) is 35.7. The van der Waals surface area contributed by atoms with Crippen LogP contribution in [0.5, 0.6) is 0 Å². The highest BCUT2D eigenvalue weighted by Gasteiger charge is 2.36. The van der Waals surface area contributed by atoms with E-state index in [2.05, 4.69) is 254 Å². The third kappa shape index (κ3) is 6.85. The van der Waals surface area contributed by atoms with Gasteiger partial charge in [-0.1, -0.05) is 196 Å². The fraction of sp³-hybridized carbons (Fsp3) is 0.0820. The monoisotopic (exact) mass is 808 g/mol. The molecule has 0 spiro atoms. The Bertz CT molecular complexity index is 3170. The summed E-state index contributed by atoms with van der Waals surface area (Å²) in [5.74, 6) is 0. The normalized spacial score (nSPS) is 13.7. The molecule has 0 bridgehead atoms. The van der Waals surface area contributed by atoms with Gasteiger partial charge in [-0.05, 0) is 111 Å². The third-order valence-corrected chi connectivity index (χ3v) is 13.1. The lowest BCUT2D eigenvalue weighted by atomic mass is 9.82. The maximum Gasteiger partial charge on any atom is 0.0540 e. The van der Waals surface area contributed by atoms with Crippen molar-refractivity contribution in [3.63, 3.8) is 0 Å². The topological polar surface area (TPSA) is 6.48 Å². The lowest BCUT2D eigenvalue weighted by molar-refractivity contribution is 0.660. The molecule has 0 unspecified atom stereocenters. The van der Waals surface area contributed by atoms with Crippen LogP contribution < -0.4 is 9.80 Å². The Balaban J connectivity index is 1.02. The van der Waals surface area contributed by atoms with Crippen LogP contribution in [0.15, 0.2) is 236 Å². The highest BCUT2D eigenvalue weighted by molar-refractivity contribution is 6.01. The Labute approximate surface area is 371 Å². The van der Waals surface area contributed by atoms with E-state index in [1.165, 1.54) is 77.8 Å². The first-order valence-corrected chi connectivity index (χ1v) is 22.2. The van der Waals surface area contributed by atoms with Gasteiger partial charge in [0.2, 0.25) is 0 Å². The average molecular weight is 809 g/mol. The lowest BCUT2D eigenvalue weighted by Gasteiger charge is -2.33. The Morgan fingerprint density at radius 2 is 0.968 bits per heavy atom. The molecule has 0 aromatic heterocycles. The van der Waals surface area contributed by atoms with Gasteiger partial charge in [0.15, 0.2) is 0 Å². The largest absolute Gasteiger partial charge is 0.314 e. The molecular formula is C61H48N2. The van der Waals surface area contributed by atoms with Crippen molar-refractivity contribution in [2.45, 2.75) is 32.1 Å². The summed E-state index contributed by atoms with van der Waals surface area (Å²) in [5.41, 5.74) is 19.6. The zero-order valence-corrected chi connectivity index (χ0v) is 35.7. The van der Waals surface area contributed by atoms with Crippen LogP contribution in [0.1, 0.15) is 43.4 Å². The molecular weight excluding hydrogens is 761 g/mol. The van der Waals surface area contributed by atoms with Crippen LogP contribution in [0.4, 0.5) is 28.4 Å². The van der Waals surface area contributed by atoms with Crippen molar-refractivity contribution >= 4 is 44.8 Å². The molecule has 2 heteroatoms. The SMILES string of the molecule is CC1(C)c2ccccc2-c2ccc(N(C3=C(c4ccc(-c5ccccc5N(c5ccccc5)c5cccc6ccccc56)cc4)C=CCC3)c3ccc(-c4ccccc4)cc3)cc21. The molecule has 302 valence electrons. The summed E-state index contributed by atoms with van der Waals surface area (Å²) >= 11 is 0. The first-order valence-electron chi connectivity index (χ1n) is 22.2. The Morgan fingerprint density at radius 1 is 0.397 bits per heavy atom. The molecule has 2 aliphatic rings. The molecule has 0 heterocycles.